The molecular weight excluding hydrogens is 346 g/mol. The van der Waals surface area contributed by atoms with Crippen LogP contribution in [-0.2, 0) is 4.79 Å². The lowest BCUT2D eigenvalue weighted by atomic mass is 9.94. The van der Waals surface area contributed by atoms with E-state index in [0.29, 0.717) is 13.1 Å². The molecule has 2 fully saturated rings. The van der Waals surface area contributed by atoms with Gasteiger partial charge in [-0.1, -0.05) is 6.07 Å². The third-order valence-electron chi connectivity index (χ3n) is 5.49. The molecule has 0 aromatic carbocycles. The molecule has 136 valence electrons. The monoisotopic (exact) mass is 369 g/mol. The Bertz CT molecular complexity index is 755. The lowest BCUT2D eigenvalue weighted by Gasteiger charge is -2.35. The lowest BCUT2D eigenvalue weighted by molar-refractivity contribution is -0.137. The first-order valence-corrected chi connectivity index (χ1v) is 10.1. The largest absolute Gasteiger partial charge is 0.338 e. The van der Waals surface area contributed by atoms with E-state index in [1.54, 1.807) is 12.4 Å². The molecule has 4 heterocycles. The molecule has 0 radical (unpaired) electrons. The van der Waals surface area contributed by atoms with Gasteiger partial charge in [-0.2, -0.15) is 0 Å². The fraction of sp³-hybridized carbons (Fsp3) is 0.450. The Morgan fingerprint density at radius 2 is 1.81 bits per heavy atom. The molecule has 0 bridgehead atoms. The SMILES string of the molecule is O=C(c1cccs1)N1CCC(C(=O)N2CCCC2c2ccncc2)CC1. The standard InChI is InChI=1S/C20H23N3O2S/c24-19(23-11-1-3-17(23)15-5-9-21-10-6-15)16-7-12-22(13-8-16)20(25)18-4-2-14-26-18/h2,4-6,9-10,14,16-17H,1,3,7-8,11-13H2. The van der Waals surface area contributed by atoms with Crippen molar-refractivity contribution < 1.29 is 9.59 Å². The summed E-state index contributed by atoms with van der Waals surface area (Å²) < 4.78 is 0. The number of hydrogen-bond acceptors (Lipinski definition) is 4. The highest BCUT2D eigenvalue weighted by atomic mass is 32.1. The summed E-state index contributed by atoms with van der Waals surface area (Å²) in [5, 5.41) is 1.93. The van der Waals surface area contributed by atoms with Gasteiger partial charge in [0.25, 0.3) is 5.91 Å². The zero-order valence-corrected chi connectivity index (χ0v) is 15.5. The van der Waals surface area contributed by atoms with Crippen LogP contribution in [0, 0.1) is 5.92 Å². The number of pyridine rings is 1. The highest BCUT2D eigenvalue weighted by Crippen LogP contribution is 2.34. The van der Waals surface area contributed by atoms with Crippen LogP contribution in [0.15, 0.2) is 42.0 Å². The van der Waals surface area contributed by atoms with E-state index in [1.165, 1.54) is 16.9 Å². The van der Waals surface area contributed by atoms with Crippen LogP contribution in [0.25, 0.3) is 0 Å². The number of amides is 2. The minimum Gasteiger partial charge on any atom is -0.338 e. The highest BCUT2D eigenvalue weighted by molar-refractivity contribution is 7.12. The van der Waals surface area contributed by atoms with Crippen molar-refractivity contribution in [2.45, 2.75) is 31.7 Å². The van der Waals surface area contributed by atoms with Crippen LogP contribution in [0.2, 0.25) is 0 Å². The zero-order valence-electron chi connectivity index (χ0n) is 14.7. The average Bonchev–Trinajstić information content (AvgIpc) is 3.39. The number of nitrogens with zero attached hydrogens (tertiary/aromatic N) is 3. The maximum absolute atomic E-state index is 13.1. The number of aromatic nitrogens is 1. The van der Waals surface area contributed by atoms with Crippen molar-refractivity contribution in [1.29, 1.82) is 0 Å². The maximum Gasteiger partial charge on any atom is 0.263 e. The van der Waals surface area contributed by atoms with E-state index in [2.05, 4.69) is 9.88 Å². The number of piperidine rings is 1. The second kappa shape index (κ2) is 7.58. The summed E-state index contributed by atoms with van der Waals surface area (Å²) in [7, 11) is 0. The van der Waals surface area contributed by atoms with Crippen molar-refractivity contribution in [3.05, 3.63) is 52.5 Å². The van der Waals surface area contributed by atoms with E-state index in [9.17, 15) is 9.59 Å². The van der Waals surface area contributed by atoms with Crippen LogP contribution in [0.5, 0.6) is 0 Å². The molecule has 2 aromatic rings. The first-order chi connectivity index (χ1) is 12.7. The van der Waals surface area contributed by atoms with Crippen LogP contribution in [-0.4, -0.2) is 46.2 Å². The van der Waals surface area contributed by atoms with Gasteiger partial charge in [-0.25, -0.2) is 0 Å². The second-order valence-electron chi connectivity index (χ2n) is 7.01. The molecule has 5 nitrogen and oxygen atoms in total. The summed E-state index contributed by atoms with van der Waals surface area (Å²) in [4.78, 5) is 34.4. The summed E-state index contributed by atoms with van der Waals surface area (Å²) >= 11 is 1.48. The third kappa shape index (κ3) is 3.38. The van der Waals surface area contributed by atoms with Crippen LogP contribution in [0.1, 0.15) is 47.0 Å². The van der Waals surface area contributed by atoms with Crippen molar-refractivity contribution in [3.63, 3.8) is 0 Å². The smallest absolute Gasteiger partial charge is 0.263 e. The number of hydrogen-bond donors (Lipinski definition) is 0. The van der Waals surface area contributed by atoms with Gasteiger partial charge >= 0.3 is 0 Å². The van der Waals surface area contributed by atoms with Gasteiger partial charge in [0.15, 0.2) is 0 Å². The minimum absolute atomic E-state index is 0.0322. The molecule has 2 aliphatic rings. The Kier molecular flexibility index (Phi) is 5.02. The minimum atomic E-state index is 0.0322. The molecule has 26 heavy (non-hydrogen) atoms. The van der Waals surface area contributed by atoms with Crippen LogP contribution >= 0.6 is 11.3 Å². The normalized spacial score (nSPS) is 21.2. The Morgan fingerprint density at radius 1 is 1.04 bits per heavy atom. The quantitative estimate of drug-likeness (QED) is 0.834. The Balaban J connectivity index is 1.38. The van der Waals surface area contributed by atoms with E-state index in [1.807, 2.05) is 34.5 Å². The fourth-order valence-electron chi connectivity index (χ4n) is 4.08. The van der Waals surface area contributed by atoms with Gasteiger partial charge in [0.2, 0.25) is 5.91 Å². The maximum atomic E-state index is 13.1. The molecule has 4 rings (SSSR count). The van der Waals surface area contributed by atoms with Crippen molar-refractivity contribution >= 4 is 23.2 Å². The zero-order chi connectivity index (χ0) is 17.9. The predicted octanol–water partition coefficient (Wildman–Crippen LogP) is 3.36. The van der Waals surface area contributed by atoms with Crippen molar-refractivity contribution in [2.75, 3.05) is 19.6 Å². The van der Waals surface area contributed by atoms with E-state index in [0.717, 1.165) is 37.1 Å². The van der Waals surface area contributed by atoms with Crippen LogP contribution in [0.4, 0.5) is 0 Å². The fourth-order valence-corrected chi connectivity index (χ4v) is 4.77. The molecule has 0 spiro atoms. The van der Waals surface area contributed by atoms with E-state index < -0.39 is 0 Å². The number of carbonyl (C=O) groups is 2. The van der Waals surface area contributed by atoms with Gasteiger partial charge in [0, 0.05) is 37.9 Å². The van der Waals surface area contributed by atoms with Crippen LogP contribution < -0.4 is 0 Å². The lowest BCUT2D eigenvalue weighted by Crippen LogP contribution is -2.44. The molecule has 1 unspecified atom stereocenters. The number of rotatable bonds is 3. The van der Waals surface area contributed by atoms with Crippen LogP contribution in [0.3, 0.4) is 0 Å². The Hall–Kier alpha value is -2.21. The number of thiophene rings is 1. The topological polar surface area (TPSA) is 53.5 Å². The summed E-state index contributed by atoms with van der Waals surface area (Å²) in [6, 6.07) is 7.97. The molecule has 6 heteroatoms. The first-order valence-electron chi connectivity index (χ1n) is 9.27. The van der Waals surface area contributed by atoms with Gasteiger partial charge in [-0.3, -0.25) is 14.6 Å². The van der Waals surface area contributed by atoms with Gasteiger partial charge < -0.3 is 9.80 Å². The first kappa shape index (κ1) is 17.2. The average molecular weight is 369 g/mol. The molecule has 2 aromatic heterocycles. The predicted molar refractivity (Wildman–Crippen MR) is 101 cm³/mol. The van der Waals surface area contributed by atoms with E-state index in [-0.39, 0.29) is 23.8 Å². The van der Waals surface area contributed by atoms with Gasteiger partial charge in [-0.05, 0) is 54.8 Å². The molecule has 2 amide bonds. The molecule has 2 aliphatic heterocycles. The van der Waals surface area contributed by atoms with Gasteiger partial charge in [0.05, 0.1) is 10.9 Å². The summed E-state index contributed by atoms with van der Waals surface area (Å²) in [6.07, 6.45) is 7.18. The van der Waals surface area contributed by atoms with Gasteiger partial charge in [-0.15, -0.1) is 11.3 Å². The molecule has 0 aliphatic carbocycles. The number of likely N-dealkylation sites (tertiary alicyclic amines) is 2. The molecular formula is C20H23N3O2S. The molecule has 0 saturated carbocycles. The van der Waals surface area contributed by atoms with Gasteiger partial charge in [0.1, 0.15) is 0 Å². The highest BCUT2D eigenvalue weighted by Gasteiger charge is 2.36. The third-order valence-corrected chi connectivity index (χ3v) is 6.35. The summed E-state index contributed by atoms with van der Waals surface area (Å²) in [5.74, 6) is 0.388. The van der Waals surface area contributed by atoms with Crippen molar-refractivity contribution in [1.82, 2.24) is 14.8 Å². The summed E-state index contributed by atoms with van der Waals surface area (Å²) in [6.45, 7) is 2.17. The van der Waals surface area contributed by atoms with Crippen molar-refractivity contribution in [2.24, 2.45) is 5.92 Å². The molecule has 1 atom stereocenters. The van der Waals surface area contributed by atoms with Crippen molar-refractivity contribution in [3.8, 4) is 0 Å². The van der Waals surface area contributed by atoms with E-state index >= 15 is 0 Å². The molecule has 2 saturated heterocycles. The van der Waals surface area contributed by atoms with E-state index in [4.69, 9.17) is 0 Å². The Labute approximate surface area is 157 Å². The molecule has 0 N–H and O–H groups in total. The second-order valence-corrected chi connectivity index (χ2v) is 7.96. The number of carbonyl (C=O) groups excluding carboxylic acids is 2. The summed E-state index contributed by atoms with van der Waals surface area (Å²) in [5.41, 5.74) is 1.18. The Morgan fingerprint density at radius 3 is 2.50 bits per heavy atom.